The number of amides is 4. The molecule has 10 N–H and O–H groups in total. The zero-order valence-corrected chi connectivity index (χ0v) is 18.7. The Kier molecular flexibility index (Phi) is 12.4. The number of nitrogens with two attached hydrogens (primary N) is 2. The minimum atomic E-state index is -1.55. The van der Waals surface area contributed by atoms with E-state index in [1.165, 1.54) is 13.8 Å². The fraction of sp³-hybridized carbons (Fsp3) is 0.737. The smallest absolute Gasteiger partial charge is 0.326 e. The summed E-state index contributed by atoms with van der Waals surface area (Å²) >= 11 is 0. The summed E-state index contributed by atoms with van der Waals surface area (Å²) in [4.78, 5) is 59.9. The third kappa shape index (κ3) is 10.5. The first-order valence-electron chi connectivity index (χ1n) is 10.2. The summed E-state index contributed by atoms with van der Waals surface area (Å²) in [5.74, 6) is -4.84. The lowest BCUT2D eigenvalue weighted by Gasteiger charge is -2.27. The summed E-state index contributed by atoms with van der Waals surface area (Å²) in [6, 6.07) is -5.51. The Balaban J connectivity index is 5.49. The van der Waals surface area contributed by atoms with Gasteiger partial charge < -0.3 is 42.7 Å². The summed E-state index contributed by atoms with van der Waals surface area (Å²) in [5.41, 5.74) is 10.6. The molecule has 0 rings (SSSR count). The number of carboxylic acids is 1. The van der Waals surface area contributed by atoms with E-state index < -0.39 is 66.0 Å². The average molecular weight is 462 g/mol. The first kappa shape index (κ1) is 29.2. The van der Waals surface area contributed by atoms with Crippen LogP contribution < -0.4 is 27.4 Å². The molecule has 6 unspecified atom stereocenters. The van der Waals surface area contributed by atoms with Crippen molar-refractivity contribution in [2.24, 2.45) is 17.4 Å². The maximum absolute atomic E-state index is 12.7. The van der Waals surface area contributed by atoms with E-state index in [4.69, 9.17) is 11.5 Å². The number of rotatable bonds is 14. The molecule has 6 atom stereocenters. The van der Waals surface area contributed by atoms with Gasteiger partial charge in [-0.05, 0) is 32.6 Å². The highest BCUT2D eigenvalue weighted by atomic mass is 16.4. The lowest BCUT2D eigenvalue weighted by molar-refractivity contribution is -0.143. The number of hydrogen-bond acceptors (Lipinski definition) is 8. The van der Waals surface area contributed by atoms with Crippen molar-refractivity contribution in [3.8, 4) is 0 Å². The van der Waals surface area contributed by atoms with Gasteiger partial charge in [0.15, 0.2) is 0 Å². The number of carbonyl (C=O) groups excluding carboxylic acids is 4. The van der Waals surface area contributed by atoms with Gasteiger partial charge in [0.05, 0.1) is 12.2 Å². The number of primary amides is 1. The largest absolute Gasteiger partial charge is 0.480 e. The second-order valence-electron chi connectivity index (χ2n) is 8.09. The Hall–Kier alpha value is -2.77. The molecule has 0 heterocycles. The molecule has 0 aliphatic rings. The molecule has 0 fully saturated rings. The predicted octanol–water partition coefficient (Wildman–Crippen LogP) is -3.07. The zero-order chi connectivity index (χ0) is 25.2. The van der Waals surface area contributed by atoms with Crippen LogP contribution in [0.25, 0.3) is 0 Å². The molecule has 0 radical (unpaired) electrons. The Morgan fingerprint density at radius 3 is 1.75 bits per heavy atom. The van der Waals surface area contributed by atoms with Crippen molar-refractivity contribution >= 4 is 29.6 Å². The van der Waals surface area contributed by atoms with Gasteiger partial charge >= 0.3 is 5.97 Å². The molecule has 0 bridgehead atoms. The van der Waals surface area contributed by atoms with Crippen molar-refractivity contribution in [3.63, 3.8) is 0 Å². The number of aliphatic hydroxyl groups excluding tert-OH is 2. The van der Waals surface area contributed by atoms with Gasteiger partial charge in [0.2, 0.25) is 23.6 Å². The van der Waals surface area contributed by atoms with Crippen LogP contribution in [-0.4, -0.2) is 81.3 Å². The van der Waals surface area contributed by atoms with E-state index in [0.29, 0.717) is 0 Å². The average Bonchev–Trinajstić information content (AvgIpc) is 2.66. The Bertz CT molecular complexity index is 683. The van der Waals surface area contributed by atoms with Crippen molar-refractivity contribution in [2.45, 2.75) is 83.3 Å². The number of nitrogens with one attached hydrogen (secondary N) is 3. The molecular weight excluding hydrogens is 426 g/mol. The van der Waals surface area contributed by atoms with E-state index in [1.54, 1.807) is 13.8 Å². The molecular formula is C19H35N5O8. The van der Waals surface area contributed by atoms with Crippen LogP contribution in [0.2, 0.25) is 0 Å². The van der Waals surface area contributed by atoms with E-state index in [9.17, 15) is 39.3 Å². The van der Waals surface area contributed by atoms with Crippen LogP contribution in [0.3, 0.4) is 0 Å². The molecule has 13 heteroatoms. The summed E-state index contributed by atoms with van der Waals surface area (Å²) < 4.78 is 0. The molecule has 0 aromatic rings. The summed E-state index contributed by atoms with van der Waals surface area (Å²) in [7, 11) is 0. The van der Waals surface area contributed by atoms with Gasteiger partial charge in [0, 0.05) is 6.42 Å². The first-order valence-corrected chi connectivity index (χ1v) is 10.2. The van der Waals surface area contributed by atoms with Crippen molar-refractivity contribution in [1.82, 2.24) is 16.0 Å². The molecule has 184 valence electrons. The SMILES string of the molecule is CC(C)CC(NC(=O)C(NC(=O)C(CCC(N)=O)NC(=O)C(N)C(C)O)C(C)O)C(=O)O. The van der Waals surface area contributed by atoms with Crippen LogP contribution in [-0.2, 0) is 24.0 Å². The topological polar surface area (TPSA) is 234 Å². The molecule has 4 amide bonds. The quantitative estimate of drug-likeness (QED) is 0.131. The van der Waals surface area contributed by atoms with Gasteiger partial charge in [-0.3, -0.25) is 19.2 Å². The van der Waals surface area contributed by atoms with Crippen LogP contribution in [0.4, 0.5) is 0 Å². The van der Waals surface area contributed by atoms with E-state index in [2.05, 4.69) is 16.0 Å². The summed E-state index contributed by atoms with van der Waals surface area (Å²) in [6.07, 6.45) is -3.04. The van der Waals surface area contributed by atoms with Crippen molar-refractivity contribution in [1.29, 1.82) is 0 Å². The molecule has 0 aliphatic carbocycles. The number of carbonyl (C=O) groups is 5. The van der Waals surface area contributed by atoms with Crippen molar-refractivity contribution in [3.05, 3.63) is 0 Å². The molecule has 0 saturated carbocycles. The van der Waals surface area contributed by atoms with Crippen LogP contribution >= 0.6 is 0 Å². The standard InChI is InChI=1S/C19H35N5O8/c1-8(2)7-12(19(31)32)23-18(30)15(10(4)26)24-16(28)11(5-6-13(20)27)22-17(29)14(21)9(3)25/h8-12,14-15,25-26H,5-7,21H2,1-4H3,(H2,20,27)(H,22,29)(H,23,30)(H,24,28)(H,31,32). The number of aliphatic hydroxyl groups is 2. The van der Waals surface area contributed by atoms with Gasteiger partial charge in [0.1, 0.15) is 24.2 Å². The van der Waals surface area contributed by atoms with Crippen molar-refractivity contribution in [2.75, 3.05) is 0 Å². The van der Waals surface area contributed by atoms with Crippen LogP contribution in [0, 0.1) is 5.92 Å². The third-order valence-corrected chi connectivity index (χ3v) is 4.52. The summed E-state index contributed by atoms with van der Waals surface area (Å²) in [6.45, 7) is 6.01. The monoisotopic (exact) mass is 461 g/mol. The maximum Gasteiger partial charge on any atom is 0.326 e. The van der Waals surface area contributed by atoms with E-state index in [-0.39, 0.29) is 25.2 Å². The normalized spacial score (nSPS) is 16.8. The molecule has 32 heavy (non-hydrogen) atoms. The highest BCUT2D eigenvalue weighted by Crippen LogP contribution is 2.07. The van der Waals surface area contributed by atoms with Gasteiger partial charge in [-0.25, -0.2) is 4.79 Å². The Labute approximate surface area is 186 Å². The maximum atomic E-state index is 12.7. The Morgan fingerprint density at radius 1 is 0.812 bits per heavy atom. The van der Waals surface area contributed by atoms with Gasteiger partial charge in [0.25, 0.3) is 0 Å². The second-order valence-corrected chi connectivity index (χ2v) is 8.09. The molecule has 0 spiro atoms. The van der Waals surface area contributed by atoms with E-state index >= 15 is 0 Å². The molecule has 13 nitrogen and oxygen atoms in total. The van der Waals surface area contributed by atoms with Crippen LogP contribution in [0.5, 0.6) is 0 Å². The van der Waals surface area contributed by atoms with Crippen LogP contribution in [0.1, 0.15) is 47.0 Å². The minimum Gasteiger partial charge on any atom is -0.480 e. The van der Waals surface area contributed by atoms with Crippen molar-refractivity contribution < 1.29 is 39.3 Å². The van der Waals surface area contributed by atoms with E-state index in [1.807, 2.05) is 0 Å². The Morgan fingerprint density at radius 2 is 1.34 bits per heavy atom. The highest BCUT2D eigenvalue weighted by molar-refractivity contribution is 5.94. The van der Waals surface area contributed by atoms with E-state index in [0.717, 1.165) is 0 Å². The van der Waals surface area contributed by atoms with Gasteiger partial charge in [-0.15, -0.1) is 0 Å². The van der Waals surface area contributed by atoms with Gasteiger partial charge in [-0.2, -0.15) is 0 Å². The fourth-order valence-corrected chi connectivity index (χ4v) is 2.66. The highest BCUT2D eigenvalue weighted by Gasteiger charge is 2.33. The molecule has 0 aliphatic heterocycles. The van der Waals surface area contributed by atoms with Crippen LogP contribution in [0.15, 0.2) is 0 Å². The van der Waals surface area contributed by atoms with Gasteiger partial charge in [-0.1, -0.05) is 13.8 Å². The minimum absolute atomic E-state index is 0.0532. The number of carboxylic acid groups (broad SMARTS) is 1. The lowest BCUT2D eigenvalue weighted by Crippen LogP contribution is -2.60. The fourth-order valence-electron chi connectivity index (χ4n) is 2.66. The lowest BCUT2D eigenvalue weighted by atomic mass is 10.0. The first-order chi connectivity index (χ1) is 14.7. The molecule has 0 saturated heterocycles. The number of aliphatic carboxylic acids is 1. The summed E-state index contributed by atoms with van der Waals surface area (Å²) in [5, 5.41) is 35.5. The third-order valence-electron chi connectivity index (χ3n) is 4.52. The molecule has 0 aromatic carbocycles. The second kappa shape index (κ2) is 13.6. The molecule has 0 aromatic heterocycles. The zero-order valence-electron chi connectivity index (χ0n) is 18.7. The predicted molar refractivity (Wildman–Crippen MR) is 113 cm³/mol. The number of hydrogen-bond donors (Lipinski definition) is 8.